The van der Waals surface area contributed by atoms with Gasteiger partial charge in [-0.15, -0.1) is 0 Å². The van der Waals surface area contributed by atoms with Crippen LogP contribution in [0.5, 0.6) is 0 Å². The standard InChI is InChI=1S/C71H122O12/c1-4-7-10-13-16-19-22-25-28-31-32-35-38-41-44-47-50-53-56-59-65(74)82-69-67(76)66(75)68(70(77)78)83-71(69)80-61-62(81-64(73)58-55-52-49-46-43-40-37-34-30-27-24-21-18-15-12-9-6-3)60-79-63(72)57-54-51-48-45-42-39-36-33-29-26-23-20-17-14-11-8-5-2/h8,11,17-18,20-21,25-30,62,66-69,71,75-76H,4-7,9-10,12-16,19,22-24,31-61H2,1-3H3,(H,77,78)/b11-8-,20-17-,21-18-,28-25-,29-26-,30-27-. The van der Waals surface area contributed by atoms with Crippen molar-refractivity contribution in [3.63, 3.8) is 0 Å². The number of hydrogen-bond donors (Lipinski definition) is 3. The first kappa shape index (κ1) is 77.2. The summed E-state index contributed by atoms with van der Waals surface area (Å²) in [6.45, 7) is 5.88. The number of carboxylic acids is 1. The van der Waals surface area contributed by atoms with E-state index in [0.717, 1.165) is 135 Å². The highest BCUT2D eigenvalue weighted by Crippen LogP contribution is 2.27. The van der Waals surface area contributed by atoms with Gasteiger partial charge in [0.15, 0.2) is 24.6 Å². The molecule has 3 N–H and O–H groups in total. The zero-order valence-electron chi connectivity index (χ0n) is 52.9. The fourth-order valence-corrected chi connectivity index (χ4v) is 10.1. The second kappa shape index (κ2) is 58.5. The van der Waals surface area contributed by atoms with Crippen molar-refractivity contribution >= 4 is 23.9 Å². The van der Waals surface area contributed by atoms with E-state index in [1.165, 1.54) is 109 Å². The number of aliphatic hydroxyl groups excluding tert-OH is 2. The fraction of sp³-hybridized carbons (Fsp3) is 0.775. The Bertz CT molecular complexity index is 1720. The van der Waals surface area contributed by atoms with Crippen molar-refractivity contribution in [3.8, 4) is 0 Å². The van der Waals surface area contributed by atoms with Crippen molar-refractivity contribution < 1.29 is 58.2 Å². The second-order valence-corrected chi connectivity index (χ2v) is 23.1. The molecule has 12 nitrogen and oxygen atoms in total. The van der Waals surface area contributed by atoms with Crippen molar-refractivity contribution in [2.45, 2.75) is 340 Å². The number of carboxylic acid groups (broad SMARTS) is 1. The van der Waals surface area contributed by atoms with Gasteiger partial charge in [-0.25, -0.2) is 4.79 Å². The van der Waals surface area contributed by atoms with E-state index in [-0.39, 0.29) is 25.9 Å². The molecule has 1 aliphatic rings. The van der Waals surface area contributed by atoms with Gasteiger partial charge in [-0.1, -0.05) is 248 Å². The molecule has 1 aliphatic heterocycles. The van der Waals surface area contributed by atoms with E-state index in [1.54, 1.807) is 0 Å². The summed E-state index contributed by atoms with van der Waals surface area (Å²) in [7, 11) is 0. The average Bonchev–Trinajstić information content (AvgIpc) is 3.58. The Labute approximate surface area is 506 Å². The molecule has 478 valence electrons. The lowest BCUT2D eigenvalue weighted by molar-refractivity contribution is -0.301. The topological polar surface area (TPSA) is 175 Å². The molecule has 0 amide bonds. The van der Waals surface area contributed by atoms with Crippen LogP contribution >= 0.6 is 0 Å². The zero-order chi connectivity index (χ0) is 60.3. The summed E-state index contributed by atoms with van der Waals surface area (Å²) < 4.78 is 28.6. The van der Waals surface area contributed by atoms with Crippen LogP contribution in [0.15, 0.2) is 72.9 Å². The third-order valence-corrected chi connectivity index (χ3v) is 15.2. The highest BCUT2D eigenvalue weighted by Gasteiger charge is 2.50. The lowest BCUT2D eigenvalue weighted by atomic mass is 9.98. The van der Waals surface area contributed by atoms with Crippen LogP contribution < -0.4 is 0 Å². The van der Waals surface area contributed by atoms with Gasteiger partial charge in [0.25, 0.3) is 0 Å². The lowest BCUT2D eigenvalue weighted by Gasteiger charge is -2.40. The van der Waals surface area contributed by atoms with Gasteiger partial charge in [-0.2, -0.15) is 0 Å². The van der Waals surface area contributed by atoms with Gasteiger partial charge in [0, 0.05) is 19.3 Å². The van der Waals surface area contributed by atoms with Crippen LogP contribution in [0.3, 0.4) is 0 Å². The molecule has 6 atom stereocenters. The lowest BCUT2D eigenvalue weighted by Crippen LogP contribution is -2.61. The maximum Gasteiger partial charge on any atom is 0.335 e. The maximum atomic E-state index is 13.2. The molecular formula is C71H122O12. The summed E-state index contributed by atoms with van der Waals surface area (Å²) in [6, 6.07) is 0. The van der Waals surface area contributed by atoms with Gasteiger partial charge in [-0.3, -0.25) is 14.4 Å². The van der Waals surface area contributed by atoms with E-state index >= 15 is 0 Å². The molecular weight excluding hydrogens is 1040 g/mol. The van der Waals surface area contributed by atoms with Gasteiger partial charge in [0.2, 0.25) is 0 Å². The molecule has 1 fully saturated rings. The summed E-state index contributed by atoms with van der Waals surface area (Å²) in [5.41, 5.74) is 0. The summed E-state index contributed by atoms with van der Waals surface area (Å²) in [5, 5.41) is 31.6. The van der Waals surface area contributed by atoms with Crippen LogP contribution in [0, 0.1) is 0 Å². The van der Waals surface area contributed by atoms with Gasteiger partial charge < -0.3 is 39.0 Å². The highest BCUT2D eigenvalue weighted by molar-refractivity contribution is 5.74. The van der Waals surface area contributed by atoms with Crippen LogP contribution in [0.2, 0.25) is 0 Å². The van der Waals surface area contributed by atoms with Crippen LogP contribution in [-0.2, 0) is 42.9 Å². The molecule has 0 radical (unpaired) electrons. The number of rotatable bonds is 58. The number of ether oxygens (including phenoxy) is 5. The molecule has 0 aromatic rings. The largest absolute Gasteiger partial charge is 0.479 e. The third-order valence-electron chi connectivity index (χ3n) is 15.2. The highest BCUT2D eigenvalue weighted by atomic mass is 16.7. The van der Waals surface area contributed by atoms with Crippen LogP contribution in [0.1, 0.15) is 303 Å². The predicted octanol–water partition coefficient (Wildman–Crippen LogP) is 18.5. The van der Waals surface area contributed by atoms with Crippen LogP contribution in [-0.4, -0.2) is 89.2 Å². The molecule has 1 heterocycles. The quantitative estimate of drug-likeness (QED) is 0.0228. The summed E-state index contributed by atoms with van der Waals surface area (Å²) in [6.07, 6.45) is 62.8. The number of allylic oxidation sites excluding steroid dienone is 12. The van der Waals surface area contributed by atoms with E-state index in [9.17, 15) is 34.5 Å². The number of aliphatic hydroxyl groups is 2. The second-order valence-electron chi connectivity index (χ2n) is 23.1. The Morgan fingerprint density at radius 2 is 0.759 bits per heavy atom. The SMILES string of the molecule is CC/C=C\C/C=C\C/C=C\CCCCCCCCCC(=O)OCC(COC1OC(C(=O)O)C(O)C(O)C1OC(=O)CCCCCCCCCCC/C=C\CCCCCCCC)OC(=O)CCCCCCCCC/C=C\C/C=C\CCCCC. The molecule has 0 aliphatic carbocycles. The molecule has 1 rings (SSSR count). The number of carbonyl (C=O) groups is 4. The van der Waals surface area contributed by atoms with Gasteiger partial charge >= 0.3 is 23.9 Å². The smallest absolute Gasteiger partial charge is 0.335 e. The van der Waals surface area contributed by atoms with Crippen molar-refractivity contribution in [3.05, 3.63) is 72.9 Å². The van der Waals surface area contributed by atoms with Gasteiger partial charge in [0.05, 0.1) is 6.61 Å². The van der Waals surface area contributed by atoms with Gasteiger partial charge in [-0.05, 0) is 109 Å². The van der Waals surface area contributed by atoms with Crippen molar-refractivity contribution in [1.29, 1.82) is 0 Å². The molecule has 12 heteroatoms. The Morgan fingerprint density at radius 1 is 0.410 bits per heavy atom. The molecule has 1 saturated heterocycles. The monoisotopic (exact) mass is 1170 g/mol. The van der Waals surface area contributed by atoms with Crippen molar-refractivity contribution in [1.82, 2.24) is 0 Å². The zero-order valence-corrected chi connectivity index (χ0v) is 52.9. The first-order valence-electron chi connectivity index (χ1n) is 33.9. The fourth-order valence-electron chi connectivity index (χ4n) is 10.1. The molecule has 0 aromatic carbocycles. The molecule has 0 spiro atoms. The Hall–Kier alpha value is -3.84. The van der Waals surface area contributed by atoms with E-state index < -0.39 is 67.3 Å². The molecule has 0 saturated carbocycles. The number of hydrogen-bond acceptors (Lipinski definition) is 11. The van der Waals surface area contributed by atoms with Crippen molar-refractivity contribution in [2.75, 3.05) is 13.2 Å². The minimum Gasteiger partial charge on any atom is -0.479 e. The first-order chi connectivity index (χ1) is 40.6. The number of unbranched alkanes of at least 4 members (excludes halogenated alkanes) is 32. The Kier molecular flexibility index (Phi) is 54.4. The normalized spacial score (nSPS) is 18.0. The maximum absolute atomic E-state index is 13.2. The Morgan fingerprint density at radius 3 is 1.19 bits per heavy atom. The molecule has 0 bridgehead atoms. The first-order valence-corrected chi connectivity index (χ1v) is 33.9. The molecule has 0 aromatic heterocycles. The van der Waals surface area contributed by atoms with Crippen molar-refractivity contribution in [2.24, 2.45) is 0 Å². The van der Waals surface area contributed by atoms with E-state index in [1.807, 2.05) is 0 Å². The van der Waals surface area contributed by atoms with E-state index in [4.69, 9.17) is 23.7 Å². The number of carbonyl (C=O) groups excluding carboxylic acids is 3. The summed E-state index contributed by atoms with van der Waals surface area (Å²) in [4.78, 5) is 51.4. The van der Waals surface area contributed by atoms with Crippen LogP contribution in [0.25, 0.3) is 0 Å². The molecule has 83 heavy (non-hydrogen) atoms. The minimum atomic E-state index is -1.91. The summed E-state index contributed by atoms with van der Waals surface area (Å²) in [5.74, 6) is -3.13. The number of esters is 3. The predicted molar refractivity (Wildman–Crippen MR) is 340 cm³/mol. The third kappa shape index (κ3) is 48.0. The van der Waals surface area contributed by atoms with E-state index in [0.29, 0.717) is 19.3 Å². The minimum absolute atomic E-state index is 0.0559. The van der Waals surface area contributed by atoms with E-state index in [2.05, 4.69) is 93.7 Å². The number of aliphatic carboxylic acids is 1. The average molecular weight is 1170 g/mol. The van der Waals surface area contributed by atoms with Crippen LogP contribution in [0.4, 0.5) is 0 Å². The molecule has 6 unspecified atom stereocenters. The summed E-state index contributed by atoms with van der Waals surface area (Å²) >= 11 is 0. The van der Waals surface area contributed by atoms with Gasteiger partial charge in [0.1, 0.15) is 18.8 Å². The Balaban J connectivity index is 2.65.